The molecule has 124 valence electrons. The molecule has 0 radical (unpaired) electrons. The van der Waals surface area contributed by atoms with Crippen molar-refractivity contribution in [1.82, 2.24) is 5.16 Å². The van der Waals surface area contributed by atoms with Gasteiger partial charge in [-0.15, -0.1) is 0 Å². The monoisotopic (exact) mass is 344 g/mol. The fraction of sp³-hybridized carbons (Fsp3) is 0.235. The van der Waals surface area contributed by atoms with Gasteiger partial charge in [0, 0.05) is 18.2 Å². The van der Waals surface area contributed by atoms with Crippen LogP contribution in [-0.2, 0) is 16.4 Å². The van der Waals surface area contributed by atoms with E-state index >= 15 is 0 Å². The van der Waals surface area contributed by atoms with Crippen molar-refractivity contribution in [2.24, 2.45) is 0 Å². The molecule has 1 aliphatic heterocycles. The van der Waals surface area contributed by atoms with Crippen LogP contribution < -0.4 is 4.31 Å². The molecule has 4 rings (SSSR count). The van der Waals surface area contributed by atoms with Gasteiger partial charge in [0.2, 0.25) is 5.76 Å². The largest absolute Gasteiger partial charge is 0.456 e. The van der Waals surface area contributed by atoms with E-state index in [0.29, 0.717) is 23.7 Å². The summed E-state index contributed by atoms with van der Waals surface area (Å²) in [7, 11) is -3.72. The van der Waals surface area contributed by atoms with Crippen molar-refractivity contribution >= 4 is 15.7 Å². The summed E-state index contributed by atoms with van der Waals surface area (Å²) >= 11 is 0. The minimum atomic E-state index is -3.72. The topological polar surface area (TPSA) is 76.5 Å². The highest BCUT2D eigenvalue weighted by molar-refractivity contribution is 7.93. The summed E-state index contributed by atoms with van der Waals surface area (Å²) in [4.78, 5) is 0.150. The van der Waals surface area contributed by atoms with E-state index in [-0.39, 0.29) is 10.9 Å². The van der Waals surface area contributed by atoms with Crippen molar-refractivity contribution < 1.29 is 17.4 Å². The second kappa shape index (κ2) is 5.24. The number of hydrogen-bond acceptors (Lipinski definition) is 5. The molecule has 6 nitrogen and oxygen atoms in total. The fourth-order valence-corrected chi connectivity index (χ4v) is 5.05. The maximum absolute atomic E-state index is 13.2. The molecule has 0 bridgehead atoms. The lowest BCUT2D eigenvalue weighted by atomic mass is 10.1. The molecular weight excluding hydrogens is 328 g/mol. The zero-order valence-electron chi connectivity index (χ0n) is 13.3. The van der Waals surface area contributed by atoms with E-state index in [2.05, 4.69) is 5.16 Å². The maximum atomic E-state index is 13.2. The summed E-state index contributed by atoms with van der Waals surface area (Å²) in [6, 6.07) is 10.6. The van der Waals surface area contributed by atoms with Crippen LogP contribution in [0.1, 0.15) is 18.2 Å². The van der Waals surface area contributed by atoms with Crippen LogP contribution in [0.4, 0.5) is 5.69 Å². The van der Waals surface area contributed by atoms with Crippen molar-refractivity contribution in [3.63, 3.8) is 0 Å². The molecule has 0 fully saturated rings. The van der Waals surface area contributed by atoms with Gasteiger partial charge in [-0.25, -0.2) is 8.42 Å². The number of para-hydroxylation sites is 1. The molecule has 2 aromatic heterocycles. The molecule has 0 unspecified atom stereocenters. The highest BCUT2D eigenvalue weighted by Gasteiger charge is 2.38. The van der Waals surface area contributed by atoms with E-state index in [4.69, 9.17) is 8.94 Å². The molecule has 0 amide bonds. The number of benzene rings is 1. The Morgan fingerprint density at radius 1 is 1.21 bits per heavy atom. The van der Waals surface area contributed by atoms with Gasteiger partial charge < -0.3 is 8.94 Å². The van der Waals surface area contributed by atoms with Gasteiger partial charge in [-0.1, -0.05) is 23.4 Å². The van der Waals surface area contributed by atoms with Gasteiger partial charge in [0.25, 0.3) is 10.0 Å². The number of hydrogen-bond donors (Lipinski definition) is 0. The van der Waals surface area contributed by atoms with Gasteiger partial charge >= 0.3 is 0 Å². The van der Waals surface area contributed by atoms with Crippen LogP contribution in [0.15, 0.2) is 56.4 Å². The molecule has 1 atom stereocenters. The molecule has 0 saturated carbocycles. The number of rotatable bonds is 3. The van der Waals surface area contributed by atoms with Crippen molar-refractivity contribution in [2.75, 3.05) is 4.31 Å². The second-order valence-corrected chi connectivity index (χ2v) is 7.67. The van der Waals surface area contributed by atoms with Crippen LogP contribution in [0.3, 0.4) is 0 Å². The molecule has 0 N–H and O–H groups in total. The first-order valence-corrected chi connectivity index (χ1v) is 9.06. The fourth-order valence-electron chi connectivity index (χ4n) is 3.20. The third kappa shape index (κ3) is 2.16. The maximum Gasteiger partial charge on any atom is 0.268 e. The standard InChI is InChI=1S/C17H16N2O4S/c1-11-9-13-5-3-4-6-14(13)19(11)24(20,21)17-10-16(22-12(17)2)15-7-8-18-23-15/h3-8,10-11H,9H2,1-2H3/t11-/m0/s1. The molecule has 0 saturated heterocycles. The Hall–Kier alpha value is -2.54. The number of aryl methyl sites for hydroxylation is 1. The number of fused-ring (bicyclic) bond motifs is 1. The molecule has 1 aliphatic rings. The van der Waals surface area contributed by atoms with Crippen LogP contribution in [0.25, 0.3) is 11.5 Å². The Morgan fingerprint density at radius 3 is 2.75 bits per heavy atom. The van der Waals surface area contributed by atoms with Crippen LogP contribution in [-0.4, -0.2) is 19.6 Å². The van der Waals surface area contributed by atoms with Gasteiger partial charge in [0.05, 0.1) is 11.9 Å². The highest BCUT2D eigenvalue weighted by atomic mass is 32.2. The predicted molar refractivity (Wildman–Crippen MR) is 88.2 cm³/mol. The van der Waals surface area contributed by atoms with Gasteiger partial charge in [0.1, 0.15) is 10.7 Å². The van der Waals surface area contributed by atoms with Crippen molar-refractivity contribution in [3.8, 4) is 11.5 Å². The quantitative estimate of drug-likeness (QED) is 0.728. The summed E-state index contributed by atoms with van der Waals surface area (Å²) in [5.41, 5.74) is 1.76. The Labute approximate surface area is 139 Å². The zero-order chi connectivity index (χ0) is 16.9. The first-order chi connectivity index (χ1) is 11.5. The number of nitrogens with zero attached hydrogens (tertiary/aromatic N) is 2. The van der Waals surface area contributed by atoms with Crippen molar-refractivity contribution in [3.05, 3.63) is 53.9 Å². The number of sulfonamides is 1. The van der Waals surface area contributed by atoms with Crippen molar-refractivity contribution in [1.29, 1.82) is 0 Å². The molecule has 7 heteroatoms. The summed E-state index contributed by atoms with van der Waals surface area (Å²) in [5.74, 6) is 1.08. The number of aromatic nitrogens is 1. The van der Waals surface area contributed by atoms with E-state index in [1.807, 2.05) is 31.2 Å². The van der Waals surface area contributed by atoms with E-state index in [1.54, 1.807) is 13.0 Å². The van der Waals surface area contributed by atoms with Crippen LogP contribution >= 0.6 is 0 Å². The first kappa shape index (κ1) is 15.0. The lowest BCUT2D eigenvalue weighted by molar-refractivity contribution is 0.414. The number of furan rings is 1. The lowest BCUT2D eigenvalue weighted by Gasteiger charge is -2.23. The van der Waals surface area contributed by atoms with Crippen molar-refractivity contribution in [2.45, 2.75) is 31.2 Å². The Balaban J connectivity index is 1.82. The Morgan fingerprint density at radius 2 is 2.00 bits per heavy atom. The Kier molecular flexibility index (Phi) is 3.28. The first-order valence-electron chi connectivity index (χ1n) is 7.62. The smallest absolute Gasteiger partial charge is 0.268 e. The summed E-state index contributed by atoms with van der Waals surface area (Å²) in [5, 5.41) is 3.62. The van der Waals surface area contributed by atoms with Crippen LogP contribution in [0, 0.1) is 6.92 Å². The van der Waals surface area contributed by atoms with Gasteiger partial charge in [0.15, 0.2) is 5.76 Å². The SMILES string of the molecule is Cc1oc(-c2ccno2)cc1S(=O)(=O)N1c2ccccc2C[C@@H]1C. The number of anilines is 1. The predicted octanol–water partition coefficient (Wildman–Crippen LogP) is 3.38. The van der Waals surface area contributed by atoms with Crippen LogP contribution in [0.5, 0.6) is 0 Å². The third-order valence-corrected chi connectivity index (χ3v) is 6.27. The summed E-state index contributed by atoms with van der Waals surface area (Å²) in [6.45, 7) is 3.55. The molecule has 0 spiro atoms. The van der Waals surface area contributed by atoms with Gasteiger partial charge in [-0.05, 0) is 31.9 Å². The third-order valence-electron chi connectivity index (χ3n) is 4.23. The zero-order valence-corrected chi connectivity index (χ0v) is 14.1. The normalized spacial score (nSPS) is 17.2. The molecule has 1 aromatic carbocycles. The summed E-state index contributed by atoms with van der Waals surface area (Å²) in [6.07, 6.45) is 2.18. The summed E-state index contributed by atoms with van der Waals surface area (Å²) < 4.78 is 38.6. The molecular formula is C17H16N2O4S. The van der Waals surface area contributed by atoms with E-state index in [9.17, 15) is 8.42 Å². The van der Waals surface area contributed by atoms with Gasteiger partial charge in [-0.3, -0.25) is 4.31 Å². The Bertz CT molecular complexity index is 990. The highest BCUT2D eigenvalue weighted by Crippen LogP contribution is 2.38. The van der Waals surface area contributed by atoms with E-state index < -0.39 is 10.0 Å². The molecule has 24 heavy (non-hydrogen) atoms. The molecule has 3 aromatic rings. The van der Waals surface area contributed by atoms with E-state index in [1.165, 1.54) is 16.6 Å². The minimum Gasteiger partial charge on any atom is -0.456 e. The minimum absolute atomic E-state index is 0.143. The lowest BCUT2D eigenvalue weighted by Crippen LogP contribution is -2.35. The average Bonchev–Trinajstić information content (AvgIpc) is 3.23. The molecule has 3 heterocycles. The molecule has 0 aliphatic carbocycles. The second-order valence-electron chi connectivity index (χ2n) is 5.89. The average molecular weight is 344 g/mol. The van der Waals surface area contributed by atoms with Gasteiger partial charge in [-0.2, -0.15) is 0 Å². The van der Waals surface area contributed by atoms with Crippen LogP contribution in [0.2, 0.25) is 0 Å². The van der Waals surface area contributed by atoms with E-state index in [0.717, 1.165) is 11.3 Å².